The maximum absolute atomic E-state index is 12.4. The van der Waals surface area contributed by atoms with Gasteiger partial charge in [0.25, 0.3) is 0 Å². The predicted molar refractivity (Wildman–Crippen MR) is 97.0 cm³/mol. The SMILES string of the molecule is CC(O)C(=O)OC(c1ccccc1)(c1ccccc1)c1ccccc1. The molecule has 0 amide bonds. The van der Waals surface area contributed by atoms with Crippen LogP contribution in [0, 0.1) is 0 Å². The molecule has 0 saturated carbocycles. The van der Waals surface area contributed by atoms with E-state index in [2.05, 4.69) is 0 Å². The van der Waals surface area contributed by atoms with Crippen LogP contribution in [0.1, 0.15) is 23.6 Å². The number of aliphatic hydroxyl groups excluding tert-OH is 1. The first kappa shape index (κ1) is 16.9. The number of hydrogen-bond acceptors (Lipinski definition) is 3. The van der Waals surface area contributed by atoms with Gasteiger partial charge in [-0.05, 0) is 6.92 Å². The maximum atomic E-state index is 12.4. The zero-order valence-corrected chi connectivity index (χ0v) is 14.0. The summed E-state index contributed by atoms with van der Waals surface area (Å²) in [5, 5.41) is 9.75. The average Bonchev–Trinajstić information content (AvgIpc) is 2.68. The van der Waals surface area contributed by atoms with Crippen molar-refractivity contribution in [3.05, 3.63) is 108 Å². The molecule has 0 fully saturated rings. The Labute approximate surface area is 147 Å². The standard InChI is InChI=1S/C22H20O3/c1-17(23)21(24)25-22(18-11-5-2-6-12-18,19-13-7-3-8-14-19)20-15-9-4-10-16-20/h2-17,23H,1H3. The van der Waals surface area contributed by atoms with Gasteiger partial charge in [0.1, 0.15) is 6.10 Å². The van der Waals surface area contributed by atoms with E-state index in [0.717, 1.165) is 16.7 Å². The highest BCUT2D eigenvalue weighted by Gasteiger charge is 2.41. The first-order valence-corrected chi connectivity index (χ1v) is 8.22. The molecule has 0 spiro atoms. The number of hydrogen-bond donors (Lipinski definition) is 1. The minimum absolute atomic E-state index is 0.670. The molecule has 126 valence electrons. The molecule has 0 aromatic heterocycles. The van der Waals surface area contributed by atoms with Gasteiger partial charge in [0, 0.05) is 16.7 Å². The van der Waals surface area contributed by atoms with Crippen LogP contribution in [-0.2, 0) is 15.1 Å². The lowest BCUT2D eigenvalue weighted by Crippen LogP contribution is -2.38. The second-order valence-corrected chi connectivity index (χ2v) is 5.88. The van der Waals surface area contributed by atoms with E-state index in [0.29, 0.717) is 0 Å². The third kappa shape index (κ3) is 3.32. The average molecular weight is 332 g/mol. The van der Waals surface area contributed by atoms with Crippen molar-refractivity contribution >= 4 is 5.97 Å². The van der Waals surface area contributed by atoms with E-state index in [4.69, 9.17) is 4.74 Å². The van der Waals surface area contributed by atoms with Crippen LogP contribution in [0.4, 0.5) is 0 Å². The number of rotatable bonds is 5. The largest absolute Gasteiger partial charge is 0.442 e. The van der Waals surface area contributed by atoms with Crippen molar-refractivity contribution < 1.29 is 14.6 Å². The van der Waals surface area contributed by atoms with Gasteiger partial charge < -0.3 is 9.84 Å². The summed E-state index contributed by atoms with van der Waals surface area (Å²) in [5.74, 6) is -0.670. The van der Waals surface area contributed by atoms with Crippen LogP contribution in [0.5, 0.6) is 0 Å². The highest BCUT2D eigenvalue weighted by Crippen LogP contribution is 2.40. The van der Waals surface area contributed by atoms with E-state index in [1.54, 1.807) is 0 Å². The lowest BCUT2D eigenvalue weighted by Gasteiger charge is -2.35. The molecule has 3 aromatic rings. The van der Waals surface area contributed by atoms with Gasteiger partial charge in [-0.25, -0.2) is 4.79 Å². The quantitative estimate of drug-likeness (QED) is 0.569. The molecule has 1 unspecified atom stereocenters. The number of aliphatic hydroxyl groups is 1. The molecule has 1 N–H and O–H groups in total. The molecule has 0 saturated heterocycles. The van der Waals surface area contributed by atoms with Crippen LogP contribution in [0.2, 0.25) is 0 Å². The van der Waals surface area contributed by atoms with Crippen molar-refractivity contribution in [3.63, 3.8) is 0 Å². The number of carbonyl (C=O) groups is 1. The summed E-state index contributed by atoms with van der Waals surface area (Å²) in [4.78, 5) is 12.4. The zero-order chi connectivity index (χ0) is 17.7. The molecule has 3 nitrogen and oxygen atoms in total. The second kappa shape index (κ2) is 7.32. The molecule has 0 aliphatic rings. The third-order valence-electron chi connectivity index (χ3n) is 4.14. The van der Waals surface area contributed by atoms with Gasteiger partial charge >= 0.3 is 5.97 Å². The van der Waals surface area contributed by atoms with E-state index in [1.165, 1.54) is 6.92 Å². The van der Waals surface area contributed by atoms with E-state index < -0.39 is 17.7 Å². The topological polar surface area (TPSA) is 46.5 Å². The third-order valence-corrected chi connectivity index (χ3v) is 4.14. The fourth-order valence-electron chi connectivity index (χ4n) is 2.93. The van der Waals surface area contributed by atoms with Gasteiger partial charge in [-0.1, -0.05) is 91.0 Å². The van der Waals surface area contributed by atoms with Crippen LogP contribution < -0.4 is 0 Å². The van der Waals surface area contributed by atoms with Gasteiger partial charge in [-0.15, -0.1) is 0 Å². The Bertz CT molecular complexity index is 715. The lowest BCUT2D eigenvalue weighted by molar-refractivity contribution is -0.162. The predicted octanol–water partition coefficient (Wildman–Crippen LogP) is 3.90. The van der Waals surface area contributed by atoms with E-state index in [1.807, 2.05) is 91.0 Å². The summed E-state index contributed by atoms with van der Waals surface area (Å²) in [6.07, 6.45) is -1.21. The van der Waals surface area contributed by atoms with Gasteiger partial charge in [0.2, 0.25) is 0 Å². The molecular formula is C22H20O3. The Morgan fingerprint density at radius 2 is 1.08 bits per heavy atom. The van der Waals surface area contributed by atoms with Crippen LogP contribution >= 0.6 is 0 Å². The fourth-order valence-corrected chi connectivity index (χ4v) is 2.93. The summed E-state index contributed by atoms with van der Waals surface area (Å²) < 4.78 is 5.97. The van der Waals surface area contributed by atoms with Crippen LogP contribution in [0.15, 0.2) is 91.0 Å². The Morgan fingerprint density at radius 3 is 1.36 bits per heavy atom. The molecule has 0 aliphatic heterocycles. The summed E-state index contributed by atoms with van der Waals surface area (Å²) >= 11 is 0. The molecule has 3 aromatic carbocycles. The van der Waals surface area contributed by atoms with Crippen LogP contribution in [0.3, 0.4) is 0 Å². The zero-order valence-electron chi connectivity index (χ0n) is 14.0. The van der Waals surface area contributed by atoms with Crippen molar-refractivity contribution in [1.82, 2.24) is 0 Å². The van der Waals surface area contributed by atoms with E-state index in [-0.39, 0.29) is 0 Å². The summed E-state index contributed by atoms with van der Waals surface area (Å²) in [5.41, 5.74) is 1.34. The van der Waals surface area contributed by atoms with Crippen molar-refractivity contribution in [2.75, 3.05) is 0 Å². The first-order chi connectivity index (χ1) is 12.1. The number of esters is 1. The Balaban J connectivity index is 2.29. The van der Waals surface area contributed by atoms with Gasteiger partial charge in [0.15, 0.2) is 5.60 Å². The maximum Gasteiger partial charge on any atom is 0.336 e. The first-order valence-electron chi connectivity index (χ1n) is 8.22. The molecule has 0 radical (unpaired) electrons. The summed E-state index contributed by atoms with van der Waals surface area (Å²) in [6, 6.07) is 28.8. The number of ether oxygens (including phenoxy) is 1. The van der Waals surface area contributed by atoms with Crippen LogP contribution in [-0.4, -0.2) is 17.2 Å². The molecule has 0 aliphatic carbocycles. The minimum Gasteiger partial charge on any atom is -0.442 e. The molecule has 1 atom stereocenters. The molecule has 25 heavy (non-hydrogen) atoms. The van der Waals surface area contributed by atoms with E-state index >= 15 is 0 Å². The van der Waals surface area contributed by atoms with Crippen molar-refractivity contribution in [3.8, 4) is 0 Å². The summed E-state index contributed by atoms with van der Waals surface area (Å²) in [6.45, 7) is 1.41. The minimum atomic E-state index is -1.21. The van der Waals surface area contributed by atoms with Crippen molar-refractivity contribution in [2.24, 2.45) is 0 Å². The Morgan fingerprint density at radius 1 is 0.760 bits per heavy atom. The van der Waals surface area contributed by atoms with E-state index in [9.17, 15) is 9.90 Å². The van der Waals surface area contributed by atoms with Gasteiger partial charge in [-0.2, -0.15) is 0 Å². The normalized spacial score (nSPS) is 12.4. The van der Waals surface area contributed by atoms with Crippen LogP contribution in [0.25, 0.3) is 0 Å². The van der Waals surface area contributed by atoms with Crippen molar-refractivity contribution in [1.29, 1.82) is 0 Å². The molecule has 3 heteroatoms. The van der Waals surface area contributed by atoms with Gasteiger partial charge in [-0.3, -0.25) is 0 Å². The highest BCUT2D eigenvalue weighted by atomic mass is 16.6. The highest BCUT2D eigenvalue weighted by molar-refractivity contribution is 5.75. The Kier molecular flexibility index (Phi) is 4.96. The van der Waals surface area contributed by atoms with Crippen molar-refractivity contribution in [2.45, 2.75) is 18.6 Å². The summed E-state index contributed by atoms with van der Waals surface area (Å²) in [7, 11) is 0. The molecular weight excluding hydrogens is 312 g/mol. The fraction of sp³-hybridized carbons (Fsp3) is 0.136. The molecule has 3 rings (SSSR count). The van der Waals surface area contributed by atoms with Gasteiger partial charge in [0.05, 0.1) is 0 Å². The smallest absolute Gasteiger partial charge is 0.336 e. The molecule has 0 heterocycles. The molecule has 0 bridgehead atoms. The Hall–Kier alpha value is -2.91. The lowest BCUT2D eigenvalue weighted by atomic mass is 9.80. The number of carbonyl (C=O) groups excluding carboxylic acids is 1. The monoisotopic (exact) mass is 332 g/mol. The second-order valence-electron chi connectivity index (χ2n) is 5.88. The number of benzene rings is 3.